The molecule has 0 radical (unpaired) electrons. The summed E-state index contributed by atoms with van der Waals surface area (Å²) in [5.41, 5.74) is 2.70. The number of anilines is 1. The topological polar surface area (TPSA) is 15.3 Å². The minimum atomic E-state index is 0.701. The van der Waals surface area contributed by atoms with Gasteiger partial charge in [-0.05, 0) is 62.4 Å². The Morgan fingerprint density at radius 2 is 2.11 bits per heavy atom. The molecule has 1 atom stereocenters. The van der Waals surface area contributed by atoms with Crippen molar-refractivity contribution in [3.63, 3.8) is 0 Å². The molecule has 18 heavy (non-hydrogen) atoms. The third kappa shape index (κ3) is 2.89. The van der Waals surface area contributed by atoms with E-state index in [1.165, 1.54) is 54.6 Å². The SMILES string of the molecule is Cc1cc(Br)cc(N2CCCNC(C3CC3)C2)c1. The minimum Gasteiger partial charge on any atom is -0.370 e. The van der Waals surface area contributed by atoms with Gasteiger partial charge in [-0.1, -0.05) is 15.9 Å². The zero-order valence-corrected chi connectivity index (χ0v) is 12.5. The molecule has 2 fully saturated rings. The van der Waals surface area contributed by atoms with E-state index < -0.39 is 0 Å². The van der Waals surface area contributed by atoms with Crippen LogP contribution in [-0.2, 0) is 0 Å². The summed E-state index contributed by atoms with van der Waals surface area (Å²) in [5, 5.41) is 3.72. The van der Waals surface area contributed by atoms with Crippen LogP contribution >= 0.6 is 15.9 Å². The van der Waals surface area contributed by atoms with E-state index in [2.05, 4.69) is 51.3 Å². The van der Waals surface area contributed by atoms with Crippen LogP contribution < -0.4 is 10.2 Å². The monoisotopic (exact) mass is 308 g/mol. The molecule has 0 aromatic heterocycles. The van der Waals surface area contributed by atoms with Crippen LogP contribution in [0.4, 0.5) is 5.69 Å². The predicted octanol–water partition coefficient (Wildman–Crippen LogP) is 3.34. The molecule has 0 spiro atoms. The molecule has 1 saturated carbocycles. The molecule has 2 aliphatic rings. The van der Waals surface area contributed by atoms with Crippen LogP contribution in [0.1, 0.15) is 24.8 Å². The summed E-state index contributed by atoms with van der Waals surface area (Å²) >= 11 is 3.61. The molecule has 1 aliphatic carbocycles. The molecular weight excluding hydrogens is 288 g/mol. The van der Waals surface area contributed by atoms with Gasteiger partial charge >= 0.3 is 0 Å². The summed E-state index contributed by atoms with van der Waals surface area (Å²) in [6.45, 7) is 5.68. The third-order valence-corrected chi connectivity index (χ3v) is 4.47. The van der Waals surface area contributed by atoms with Crippen molar-refractivity contribution >= 4 is 21.6 Å². The Morgan fingerprint density at radius 3 is 2.83 bits per heavy atom. The van der Waals surface area contributed by atoms with E-state index in [0.717, 1.165) is 5.92 Å². The molecule has 0 bridgehead atoms. The first kappa shape index (κ1) is 12.5. The van der Waals surface area contributed by atoms with E-state index in [4.69, 9.17) is 0 Å². The van der Waals surface area contributed by atoms with Gasteiger partial charge in [0, 0.05) is 29.3 Å². The standard InChI is InChI=1S/C15H21BrN2/c1-11-7-13(16)9-14(8-11)18-6-2-5-17-15(10-18)12-3-4-12/h7-9,12,15,17H,2-6,10H2,1H3. The van der Waals surface area contributed by atoms with Crippen LogP contribution in [0.5, 0.6) is 0 Å². The van der Waals surface area contributed by atoms with Gasteiger partial charge in [-0.3, -0.25) is 0 Å². The molecule has 1 saturated heterocycles. The molecule has 1 N–H and O–H groups in total. The maximum atomic E-state index is 3.72. The zero-order chi connectivity index (χ0) is 12.5. The summed E-state index contributed by atoms with van der Waals surface area (Å²) in [5.74, 6) is 0.929. The highest BCUT2D eigenvalue weighted by Gasteiger charge is 2.33. The smallest absolute Gasteiger partial charge is 0.0380 e. The lowest BCUT2D eigenvalue weighted by Gasteiger charge is -2.27. The first-order valence-corrected chi connectivity index (χ1v) is 7.77. The van der Waals surface area contributed by atoms with Crippen LogP contribution in [0.15, 0.2) is 22.7 Å². The number of halogens is 1. The van der Waals surface area contributed by atoms with E-state index in [-0.39, 0.29) is 0 Å². The zero-order valence-electron chi connectivity index (χ0n) is 11.0. The Bertz CT molecular complexity index is 408. The number of nitrogens with one attached hydrogen (secondary N) is 1. The summed E-state index contributed by atoms with van der Waals surface area (Å²) in [4.78, 5) is 2.56. The van der Waals surface area contributed by atoms with E-state index in [9.17, 15) is 0 Å². The van der Waals surface area contributed by atoms with Crippen LogP contribution in [0.25, 0.3) is 0 Å². The molecule has 3 heteroatoms. The maximum Gasteiger partial charge on any atom is 0.0380 e. The van der Waals surface area contributed by atoms with Crippen molar-refractivity contribution in [2.24, 2.45) is 5.92 Å². The molecule has 98 valence electrons. The Balaban J connectivity index is 1.80. The highest BCUT2D eigenvalue weighted by atomic mass is 79.9. The lowest BCUT2D eigenvalue weighted by molar-refractivity contribution is 0.490. The number of hydrogen-bond acceptors (Lipinski definition) is 2. The normalized spacial score (nSPS) is 25.0. The van der Waals surface area contributed by atoms with Crippen LogP contribution in [0, 0.1) is 12.8 Å². The second-order valence-electron chi connectivity index (χ2n) is 5.68. The Morgan fingerprint density at radius 1 is 1.28 bits per heavy atom. The number of benzene rings is 1. The molecule has 3 rings (SSSR count). The lowest BCUT2D eigenvalue weighted by Crippen LogP contribution is -2.39. The Kier molecular flexibility index (Phi) is 3.62. The fourth-order valence-corrected chi connectivity index (χ4v) is 3.49. The fourth-order valence-electron chi connectivity index (χ4n) is 2.90. The summed E-state index contributed by atoms with van der Waals surface area (Å²) < 4.78 is 1.19. The number of nitrogens with zero attached hydrogens (tertiary/aromatic N) is 1. The molecule has 1 aliphatic heterocycles. The lowest BCUT2D eigenvalue weighted by atomic mass is 10.1. The van der Waals surface area contributed by atoms with Gasteiger partial charge in [0.1, 0.15) is 0 Å². The van der Waals surface area contributed by atoms with Gasteiger partial charge in [0.05, 0.1) is 0 Å². The van der Waals surface area contributed by atoms with Gasteiger partial charge in [0.25, 0.3) is 0 Å². The molecule has 2 nitrogen and oxygen atoms in total. The predicted molar refractivity (Wildman–Crippen MR) is 80.2 cm³/mol. The number of aryl methyl sites for hydroxylation is 1. The van der Waals surface area contributed by atoms with Crippen LogP contribution in [0.2, 0.25) is 0 Å². The van der Waals surface area contributed by atoms with Gasteiger partial charge in [0.15, 0.2) is 0 Å². The highest BCUT2D eigenvalue weighted by molar-refractivity contribution is 9.10. The van der Waals surface area contributed by atoms with Crippen molar-refractivity contribution < 1.29 is 0 Å². The Hall–Kier alpha value is -0.540. The van der Waals surface area contributed by atoms with E-state index >= 15 is 0 Å². The molecule has 1 aromatic rings. The van der Waals surface area contributed by atoms with Crippen molar-refractivity contribution in [3.05, 3.63) is 28.2 Å². The van der Waals surface area contributed by atoms with E-state index in [1.54, 1.807) is 0 Å². The second kappa shape index (κ2) is 5.22. The van der Waals surface area contributed by atoms with Crippen LogP contribution in [0.3, 0.4) is 0 Å². The van der Waals surface area contributed by atoms with Crippen molar-refractivity contribution in [2.75, 3.05) is 24.5 Å². The number of hydrogen-bond donors (Lipinski definition) is 1. The molecule has 1 heterocycles. The van der Waals surface area contributed by atoms with Gasteiger partial charge in [0.2, 0.25) is 0 Å². The summed E-state index contributed by atoms with van der Waals surface area (Å²) in [7, 11) is 0. The third-order valence-electron chi connectivity index (χ3n) is 4.01. The molecule has 1 aromatic carbocycles. The Labute approximate surface area is 118 Å². The van der Waals surface area contributed by atoms with Gasteiger partial charge < -0.3 is 10.2 Å². The highest BCUT2D eigenvalue weighted by Crippen LogP contribution is 2.34. The maximum absolute atomic E-state index is 3.72. The van der Waals surface area contributed by atoms with Crippen molar-refractivity contribution in [1.29, 1.82) is 0 Å². The molecular formula is C15H21BrN2. The van der Waals surface area contributed by atoms with Crippen molar-refractivity contribution in [1.82, 2.24) is 5.32 Å². The second-order valence-corrected chi connectivity index (χ2v) is 6.60. The summed E-state index contributed by atoms with van der Waals surface area (Å²) in [6, 6.07) is 7.44. The van der Waals surface area contributed by atoms with Gasteiger partial charge in [-0.25, -0.2) is 0 Å². The van der Waals surface area contributed by atoms with Crippen molar-refractivity contribution in [3.8, 4) is 0 Å². The van der Waals surface area contributed by atoms with E-state index in [1.807, 2.05) is 0 Å². The largest absolute Gasteiger partial charge is 0.370 e. The minimum absolute atomic E-state index is 0.701. The first-order valence-electron chi connectivity index (χ1n) is 6.98. The molecule has 1 unspecified atom stereocenters. The van der Waals surface area contributed by atoms with E-state index in [0.29, 0.717) is 6.04 Å². The average molecular weight is 309 g/mol. The van der Waals surface area contributed by atoms with Gasteiger partial charge in [-0.2, -0.15) is 0 Å². The fraction of sp³-hybridized carbons (Fsp3) is 0.600. The first-order chi connectivity index (χ1) is 8.72. The number of rotatable bonds is 2. The molecule has 0 amide bonds. The summed E-state index contributed by atoms with van der Waals surface area (Å²) in [6.07, 6.45) is 4.08. The quantitative estimate of drug-likeness (QED) is 0.901. The average Bonchev–Trinajstić information content (AvgIpc) is 3.14. The van der Waals surface area contributed by atoms with Crippen LogP contribution in [-0.4, -0.2) is 25.7 Å². The van der Waals surface area contributed by atoms with Crippen molar-refractivity contribution in [2.45, 2.75) is 32.2 Å². The van der Waals surface area contributed by atoms with Gasteiger partial charge in [-0.15, -0.1) is 0 Å².